The number of hydrogen-bond acceptors (Lipinski definition) is 4. The molecule has 114 valence electrons. The van der Waals surface area contributed by atoms with E-state index in [1.807, 2.05) is 6.92 Å². The van der Waals surface area contributed by atoms with E-state index < -0.39 is 10.0 Å². The zero-order chi connectivity index (χ0) is 15.5. The van der Waals surface area contributed by atoms with E-state index in [0.29, 0.717) is 29.8 Å². The molecule has 2 aromatic rings. The van der Waals surface area contributed by atoms with Gasteiger partial charge in [0.25, 0.3) is 0 Å². The Morgan fingerprint density at radius 1 is 1.48 bits per heavy atom. The van der Waals surface area contributed by atoms with Crippen molar-refractivity contribution in [1.29, 1.82) is 0 Å². The van der Waals surface area contributed by atoms with Gasteiger partial charge in [0.05, 0.1) is 13.2 Å². The van der Waals surface area contributed by atoms with Gasteiger partial charge in [0, 0.05) is 29.3 Å². The summed E-state index contributed by atoms with van der Waals surface area (Å²) in [6.07, 6.45) is 1.46. The molecule has 0 saturated heterocycles. The molecule has 0 amide bonds. The molecule has 0 atom stereocenters. The molecule has 21 heavy (non-hydrogen) atoms. The summed E-state index contributed by atoms with van der Waals surface area (Å²) in [4.78, 5) is 3.12. The third kappa shape index (κ3) is 3.84. The fourth-order valence-corrected chi connectivity index (χ4v) is 3.10. The van der Waals surface area contributed by atoms with Gasteiger partial charge in [-0.2, -0.15) is 0 Å². The molecular weight excluding hydrogens is 290 g/mol. The molecule has 0 aliphatic carbocycles. The van der Waals surface area contributed by atoms with Crippen LogP contribution in [0.1, 0.15) is 6.92 Å². The maximum atomic E-state index is 12.3. The summed E-state index contributed by atoms with van der Waals surface area (Å²) in [5.41, 5.74) is 7.83. The lowest BCUT2D eigenvalue weighted by Crippen LogP contribution is -2.27. The minimum absolute atomic E-state index is 0.206. The van der Waals surface area contributed by atoms with E-state index in [1.54, 1.807) is 18.2 Å². The summed E-state index contributed by atoms with van der Waals surface area (Å²) in [7, 11) is -3.58. The number of sulfonamides is 1. The van der Waals surface area contributed by atoms with Crippen molar-refractivity contribution in [2.75, 3.05) is 25.5 Å². The van der Waals surface area contributed by atoms with E-state index in [1.165, 1.54) is 6.20 Å². The summed E-state index contributed by atoms with van der Waals surface area (Å²) < 4.78 is 32.3. The number of aromatic nitrogens is 1. The first-order valence-electron chi connectivity index (χ1n) is 6.48. The molecule has 0 aliphatic heterocycles. The second kappa shape index (κ2) is 6.30. The van der Waals surface area contributed by atoms with Gasteiger partial charge in [-0.25, -0.2) is 13.1 Å². The predicted octanol–water partition coefficient (Wildman–Crippen LogP) is 1.62. The van der Waals surface area contributed by atoms with E-state index in [2.05, 4.69) is 16.3 Å². The van der Waals surface area contributed by atoms with Crippen LogP contribution >= 0.6 is 0 Å². The Morgan fingerprint density at radius 3 is 2.95 bits per heavy atom. The van der Waals surface area contributed by atoms with Crippen molar-refractivity contribution in [3.8, 4) is 0 Å². The van der Waals surface area contributed by atoms with Gasteiger partial charge in [0.15, 0.2) is 0 Å². The number of hydrogen-bond donors (Lipinski definition) is 3. The van der Waals surface area contributed by atoms with Crippen LogP contribution in [-0.2, 0) is 14.8 Å². The number of rotatable bonds is 7. The predicted molar refractivity (Wildman–Crippen MR) is 83.5 cm³/mol. The van der Waals surface area contributed by atoms with Crippen LogP contribution in [0.15, 0.2) is 41.4 Å². The number of fused-ring (bicyclic) bond motifs is 1. The lowest BCUT2D eigenvalue weighted by molar-refractivity contribution is 0.162. The fraction of sp³-hybridized carbons (Fsp3) is 0.286. The zero-order valence-corrected chi connectivity index (χ0v) is 12.7. The van der Waals surface area contributed by atoms with Crippen molar-refractivity contribution in [2.24, 2.45) is 0 Å². The molecule has 1 aromatic heterocycles. The van der Waals surface area contributed by atoms with Crippen molar-refractivity contribution in [3.05, 3.63) is 36.5 Å². The molecule has 1 aromatic carbocycles. The van der Waals surface area contributed by atoms with Gasteiger partial charge in [-0.05, 0) is 25.1 Å². The first kappa shape index (κ1) is 15.6. The van der Waals surface area contributed by atoms with Crippen LogP contribution in [-0.4, -0.2) is 33.2 Å². The van der Waals surface area contributed by atoms with Crippen LogP contribution in [0.3, 0.4) is 0 Å². The van der Waals surface area contributed by atoms with Crippen LogP contribution in [0, 0.1) is 0 Å². The Hall–Kier alpha value is -1.83. The Labute approximate surface area is 124 Å². The average molecular weight is 309 g/mol. The molecule has 7 heteroatoms. The highest BCUT2D eigenvalue weighted by Crippen LogP contribution is 2.24. The topological polar surface area (TPSA) is 97.2 Å². The summed E-state index contributed by atoms with van der Waals surface area (Å²) in [6, 6.07) is 5.06. The third-order valence-electron chi connectivity index (χ3n) is 2.84. The number of nitrogen functional groups attached to an aromatic ring is 1. The Morgan fingerprint density at radius 2 is 2.24 bits per heavy atom. The normalized spacial score (nSPS) is 11.9. The zero-order valence-electron chi connectivity index (χ0n) is 11.8. The van der Waals surface area contributed by atoms with Crippen molar-refractivity contribution in [2.45, 2.75) is 11.8 Å². The van der Waals surface area contributed by atoms with E-state index in [4.69, 9.17) is 10.5 Å². The lowest BCUT2D eigenvalue weighted by Gasteiger charge is -2.07. The van der Waals surface area contributed by atoms with Gasteiger partial charge in [-0.1, -0.05) is 12.2 Å². The highest BCUT2D eigenvalue weighted by molar-refractivity contribution is 7.89. The van der Waals surface area contributed by atoms with Crippen LogP contribution in [0.25, 0.3) is 10.9 Å². The number of nitrogens with two attached hydrogens (primary N) is 1. The van der Waals surface area contributed by atoms with Crippen LogP contribution in [0.2, 0.25) is 0 Å². The minimum atomic E-state index is -3.58. The summed E-state index contributed by atoms with van der Waals surface area (Å²) in [5, 5.41) is 0.611. The smallest absolute Gasteiger partial charge is 0.242 e. The first-order valence-corrected chi connectivity index (χ1v) is 7.97. The number of aromatic amines is 1. The molecule has 2 rings (SSSR count). The standard InChI is InChI=1S/C14H19N3O3S/c1-10(2)9-20-6-5-17-21(18,19)14-8-16-13-7-11(15)3-4-12(13)14/h3-4,7-8,16-17H,1,5-6,9,15H2,2H3. The Balaban J connectivity index is 2.06. The molecule has 0 spiro atoms. The fourth-order valence-electron chi connectivity index (χ4n) is 1.91. The van der Waals surface area contributed by atoms with Crippen molar-refractivity contribution < 1.29 is 13.2 Å². The number of benzene rings is 1. The maximum absolute atomic E-state index is 12.3. The van der Waals surface area contributed by atoms with E-state index in [0.717, 1.165) is 5.57 Å². The number of H-pyrrole nitrogens is 1. The molecule has 0 radical (unpaired) electrons. The van der Waals surface area contributed by atoms with Gasteiger partial charge < -0.3 is 15.5 Å². The van der Waals surface area contributed by atoms with Crippen molar-refractivity contribution in [3.63, 3.8) is 0 Å². The lowest BCUT2D eigenvalue weighted by atomic mass is 10.2. The number of ether oxygens (including phenoxy) is 1. The number of nitrogens with one attached hydrogen (secondary N) is 2. The van der Waals surface area contributed by atoms with Crippen molar-refractivity contribution >= 4 is 26.6 Å². The molecule has 0 aliphatic rings. The first-order chi connectivity index (χ1) is 9.90. The molecule has 0 fully saturated rings. The molecule has 1 heterocycles. The molecule has 0 unspecified atom stereocenters. The molecule has 0 saturated carbocycles. The molecule has 6 nitrogen and oxygen atoms in total. The second-order valence-corrected chi connectivity index (χ2v) is 6.60. The van der Waals surface area contributed by atoms with E-state index >= 15 is 0 Å². The van der Waals surface area contributed by atoms with E-state index in [-0.39, 0.29) is 11.4 Å². The van der Waals surface area contributed by atoms with Gasteiger partial charge >= 0.3 is 0 Å². The van der Waals surface area contributed by atoms with Crippen LogP contribution in [0.5, 0.6) is 0 Å². The largest absolute Gasteiger partial charge is 0.399 e. The van der Waals surface area contributed by atoms with E-state index in [9.17, 15) is 8.42 Å². The highest BCUT2D eigenvalue weighted by Gasteiger charge is 2.18. The molecule has 4 N–H and O–H groups in total. The van der Waals surface area contributed by atoms with Crippen LogP contribution < -0.4 is 10.5 Å². The van der Waals surface area contributed by atoms with Crippen LogP contribution in [0.4, 0.5) is 5.69 Å². The molecular formula is C14H19N3O3S. The van der Waals surface area contributed by atoms with Gasteiger partial charge in [-0.3, -0.25) is 0 Å². The SMILES string of the molecule is C=C(C)COCCNS(=O)(=O)c1c[nH]c2cc(N)ccc12. The maximum Gasteiger partial charge on any atom is 0.242 e. The minimum Gasteiger partial charge on any atom is -0.399 e. The summed E-state index contributed by atoms with van der Waals surface area (Å²) in [5.74, 6) is 0. The van der Waals surface area contributed by atoms with Crippen molar-refractivity contribution in [1.82, 2.24) is 9.71 Å². The summed E-state index contributed by atoms with van der Waals surface area (Å²) in [6.45, 7) is 6.48. The number of anilines is 1. The Bertz CT molecular complexity index is 750. The molecule has 0 bridgehead atoms. The monoisotopic (exact) mass is 309 g/mol. The second-order valence-electron chi connectivity index (χ2n) is 4.87. The Kier molecular flexibility index (Phi) is 4.66. The van der Waals surface area contributed by atoms with Gasteiger partial charge in [-0.15, -0.1) is 0 Å². The highest BCUT2D eigenvalue weighted by atomic mass is 32.2. The third-order valence-corrected chi connectivity index (χ3v) is 4.35. The average Bonchev–Trinajstić information content (AvgIpc) is 2.81. The van der Waals surface area contributed by atoms with Gasteiger partial charge in [0.2, 0.25) is 10.0 Å². The summed E-state index contributed by atoms with van der Waals surface area (Å²) >= 11 is 0. The van der Waals surface area contributed by atoms with Gasteiger partial charge in [0.1, 0.15) is 4.90 Å². The quantitative estimate of drug-likeness (QED) is 0.411.